The molecule has 0 saturated carbocycles. The molecule has 1 aliphatic heterocycles. The van der Waals surface area contributed by atoms with Crippen LogP contribution in [0.15, 0.2) is 23.8 Å². The highest BCUT2D eigenvalue weighted by molar-refractivity contribution is 7.09. The van der Waals surface area contributed by atoms with Crippen LogP contribution >= 0.6 is 22.9 Å². The summed E-state index contributed by atoms with van der Waals surface area (Å²) in [5.74, 6) is 1.85. The number of halogens is 1. The van der Waals surface area contributed by atoms with Crippen LogP contribution in [0, 0.1) is 12.8 Å². The summed E-state index contributed by atoms with van der Waals surface area (Å²) < 4.78 is 11.4. The minimum Gasteiger partial charge on any atom is -0.493 e. The third kappa shape index (κ3) is 6.09. The Morgan fingerprint density at radius 2 is 2.10 bits per heavy atom. The van der Waals surface area contributed by atoms with Gasteiger partial charge < -0.3 is 14.4 Å². The highest BCUT2D eigenvalue weighted by atomic mass is 35.5. The molecule has 0 radical (unpaired) electrons. The van der Waals surface area contributed by atoms with E-state index >= 15 is 0 Å². The summed E-state index contributed by atoms with van der Waals surface area (Å²) in [6.45, 7) is 8.76. The average molecular weight is 437 g/mol. The molecule has 1 aromatic heterocycles. The number of hydrogen-bond acceptors (Lipinski definition) is 5. The molecule has 3 rings (SSSR count). The Morgan fingerprint density at radius 3 is 2.76 bits per heavy atom. The van der Waals surface area contributed by atoms with Gasteiger partial charge in [-0.25, -0.2) is 4.79 Å². The second-order valence-corrected chi connectivity index (χ2v) is 9.26. The Hall–Kier alpha value is -1.79. The van der Waals surface area contributed by atoms with Crippen LogP contribution in [0.2, 0.25) is 5.02 Å². The molecule has 158 valence electrons. The number of aryl methyl sites for hydroxylation is 1. The van der Waals surface area contributed by atoms with Gasteiger partial charge in [0.05, 0.1) is 17.0 Å². The normalized spacial score (nSPS) is 15.0. The Labute approximate surface area is 182 Å². The molecular weight excluding hydrogens is 408 g/mol. The molecule has 7 heteroatoms. The van der Waals surface area contributed by atoms with Crippen molar-refractivity contribution in [2.75, 3.05) is 19.7 Å². The molecule has 1 fully saturated rings. The monoisotopic (exact) mass is 436 g/mol. The van der Waals surface area contributed by atoms with Crippen molar-refractivity contribution in [1.29, 1.82) is 0 Å². The molecule has 2 heterocycles. The third-order valence-corrected chi connectivity index (χ3v) is 6.47. The molecule has 0 spiro atoms. The Kier molecular flexibility index (Phi) is 7.78. The van der Waals surface area contributed by atoms with Crippen molar-refractivity contribution >= 4 is 29.0 Å². The summed E-state index contributed by atoms with van der Waals surface area (Å²) in [6, 6.07) is 4.06. The predicted octanol–water partition coefficient (Wildman–Crippen LogP) is 6.05. The number of ether oxygens (including phenoxy) is 2. The fourth-order valence-corrected chi connectivity index (χ4v) is 4.49. The van der Waals surface area contributed by atoms with Gasteiger partial charge in [0.15, 0.2) is 0 Å². The molecule has 0 aliphatic carbocycles. The first-order valence-electron chi connectivity index (χ1n) is 10.2. The lowest BCUT2D eigenvalue weighted by molar-refractivity contribution is 0.0806. The molecule has 0 atom stereocenters. The first kappa shape index (κ1) is 21.9. The topological polar surface area (TPSA) is 51.7 Å². The van der Waals surface area contributed by atoms with Gasteiger partial charge in [-0.15, -0.1) is 11.3 Å². The van der Waals surface area contributed by atoms with Gasteiger partial charge in [-0.2, -0.15) is 0 Å². The van der Waals surface area contributed by atoms with Crippen molar-refractivity contribution in [2.24, 2.45) is 5.92 Å². The lowest BCUT2D eigenvalue weighted by Crippen LogP contribution is -2.39. The molecular formula is C22H29ClN2O3S. The quantitative estimate of drug-likeness (QED) is 0.530. The summed E-state index contributed by atoms with van der Waals surface area (Å²) in [7, 11) is 0. The number of rotatable bonds is 7. The maximum absolute atomic E-state index is 12.2. The van der Waals surface area contributed by atoms with Crippen LogP contribution in [0.5, 0.6) is 5.75 Å². The Balaban J connectivity index is 1.40. The van der Waals surface area contributed by atoms with Crippen molar-refractivity contribution in [1.82, 2.24) is 9.88 Å². The maximum Gasteiger partial charge on any atom is 0.410 e. The van der Waals surface area contributed by atoms with Crippen molar-refractivity contribution in [2.45, 2.75) is 52.6 Å². The van der Waals surface area contributed by atoms with Crippen molar-refractivity contribution < 1.29 is 14.3 Å². The van der Waals surface area contributed by atoms with E-state index in [9.17, 15) is 4.79 Å². The fourth-order valence-electron chi connectivity index (χ4n) is 3.54. The van der Waals surface area contributed by atoms with Gasteiger partial charge in [0.2, 0.25) is 0 Å². The van der Waals surface area contributed by atoms with Gasteiger partial charge >= 0.3 is 6.09 Å². The molecule has 0 bridgehead atoms. The summed E-state index contributed by atoms with van der Waals surface area (Å²) in [5.41, 5.74) is 3.93. The SMILES string of the molecule is Cc1cc(Cl)c(C(C)C)cc1OCCC1CCN(C(=O)OCc2cncs2)CC1. The number of amides is 1. The van der Waals surface area contributed by atoms with E-state index in [0.717, 1.165) is 59.1 Å². The van der Waals surface area contributed by atoms with E-state index in [4.69, 9.17) is 21.1 Å². The van der Waals surface area contributed by atoms with Gasteiger partial charge in [0.1, 0.15) is 12.4 Å². The van der Waals surface area contributed by atoms with Crippen LogP contribution in [0.1, 0.15) is 55.0 Å². The first-order chi connectivity index (χ1) is 13.9. The lowest BCUT2D eigenvalue weighted by Gasteiger charge is -2.31. The number of benzene rings is 1. The zero-order chi connectivity index (χ0) is 20.8. The third-order valence-electron chi connectivity index (χ3n) is 5.39. The van der Waals surface area contributed by atoms with Gasteiger partial charge in [0.25, 0.3) is 0 Å². The fraction of sp³-hybridized carbons (Fsp3) is 0.545. The van der Waals surface area contributed by atoms with E-state index in [0.29, 0.717) is 25.0 Å². The Bertz CT molecular complexity index is 803. The number of carbonyl (C=O) groups is 1. The molecule has 1 aliphatic rings. The van der Waals surface area contributed by atoms with Gasteiger partial charge in [-0.1, -0.05) is 25.4 Å². The van der Waals surface area contributed by atoms with E-state index in [1.165, 1.54) is 11.3 Å². The zero-order valence-electron chi connectivity index (χ0n) is 17.3. The van der Waals surface area contributed by atoms with E-state index in [1.807, 2.05) is 13.0 Å². The van der Waals surface area contributed by atoms with Crippen LogP contribution in [0.25, 0.3) is 0 Å². The second kappa shape index (κ2) is 10.3. The highest BCUT2D eigenvalue weighted by Gasteiger charge is 2.24. The van der Waals surface area contributed by atoms with E-state index in [-0.39, 0.29) is 6.09 Å². The van der Waals surface area contributed by atoms with E-state index in [2.05, 4.69) is 24.9 Å². The van der Waals surface area contributed by atoms with Crippen molar-refractivity contribution in [3.63, 3.8) is 0 Å². The minimum absolute atomic E-state index is 0.230. The molecule has 0 unspecified atom stereocenters. The molecule has 5 nitrogen and oxygen atoms in total. The summed E-state index contributed by atoms with van der Waals surface area (Å²) in [5, 5.41) is 0.805. The molecule has 1 amide bonds. The minimum atomic E-state index is -0.230. The van der Waals surface area contributed by atoms with E-state index < -0.39 is 0 Å². The largest absolute Gasteiger partial charge is 0.493 e. The van der Waals surface area contributed by atoms with Gasteiger partial charge in [-0.05, 0) is 61.3 Å². The average Bonchev–Trinajstić information content (AvgIpc) is 3.21. The number of piperidine rings is 1. The van der Waals surface area contributed by atoms with Gasteiger partial charge in [-0.3, -0.25) is 4.98 Å². The number of hydrogen-bond donors (Lipinski definition) is 0. The molecule has 0 N–H and O–H groups in total. The zero-order valence-corrected chi connectivity index (χ0v) is 18.9. The lowest BCUT2D eigenvalue weighted by atomic mass is 9.94. The highest BCUT2D eigenvalue weighted by Crippen LogP contribution is 2.32. The first-order valence-corrected chi connectivity index (χ1v) is 11.4. The van der Waals surface area contributed by atoms with Crippen molar-refractivity contribution in [3.05, 3.63) is 44.9 Å². The maximum atomic E-state index is 12.2. The summed E-state index contributed by atoms with van der Waals surface area (Å²) in [4.78, 5) is 19.0. The van der Waals surface area contributed by atoms with Gasteiger partial charge in [0, 0.05) is 24.3 Å². The van der Waals surface area contributed by atoms with Crippen LogP contribution in [0.4, 0.5) is 4.79 Å². The number of thiazole rings is 1. The molecule has 1 saturated heterocycles. The molecule has 2 aromatic rings. The van der Waals surface area contributed by atoms with Crippen LogP contribution in [0.3, 0.4) is 0 Å². The Morgan fingerprint density at radius 1 is 1.34 bits per heavy atom. The number of nitrogens with zero attached hydrogens (tertiary/aromatic N) is 2. The molecule has 29 heavy (non-hydrogen) atoms. The van der Waals surface area contributed by atoms with E-state index in [1.54, 1.807) is 16.6 Å². The number of aromatic nitrogens is 1. The molecule has 1 aromatic carbocycles. The second-order valence-electron chi connectivity index (χ2n) is 7.88. The number of likely N-dealkylation sites (tertiary alicyclic amines) is 1. The van der Waals surface area contributed by atoms with Crippen molar-refractivity contribution in [3.8, 4) is 5.75 Å². The number of carbonyl (C=O) groups excluding carboxylic acids is 1. The smallest absolute Gasteiger partial charge is 0.410 e. The van der Waals surface area contributed by atoms with Crippen LogP contribution in [-0.4, -0.2) is 35.7 Å². The standard InChI is InChI=1S/C22H29ClN2O3S/c1-15(2)19-11-21(16(3)10-20(19)23)27-9-6-17-4-7-25(8-5-17)22(26)28-13-18-12-24-14-29-18/h10-12,14-15,17H,4-9,13H2,1-3H3. The summed E-state index contributed by atoms with van der Waals surface area (Å²) in [6.07, 6.45) is 4.46. The predicted molar refractivity (Wildman–Crippen MR) is 117 cm³/mol. The van der Waals surface area contributed by atoms with Crippen LogP contribution in [-0.2, 0) is 11.3 Å². The van der Waals surface area contributed by atoms with Crippen LogP contribution < -0.4 is 4.74 Å². The summed E-state index contributed by atoms with van der Waals surface area (Å²) >= 11 is 7.84.